The van der Waals surface area contributed by atoms with Crippen molar-refractivity contribution in [3.8, 4) is 17.6 Å². The van der Waals surface area contributed by atoms with Gasteiger partial charge in [0.2, 0.25) is 0 Å². The maximum absolute atomic E-state index is 12.6. The molecule has 0 unspecified atom stereocenters. The third-order valence-corrected chi connectivity index (χ3v) is 7.03. The number of aromatic nitrogens is 1. The van der Waals surface area contributed by atoms with Gasteiger partial charge in [0.15, 0.2) is 0 Å². The molecule has 37 heavy (non-hydrogen) atoms. The van der Waals surface area contributed by atoms with E-state index in [4.69, 9.17) is 9.47 Å². The van der Waals surface area contributed by atoms with Gasteiger partial charge < -0.3 is 9.47 Å². The molecule has 0 saturated heterocycles. The Labute approximate surface area is 222 Å². The molecule has 1 heterocycles. The number of benzene rings is 1. The lowest BCUT2D eigenvalue weighted by molar-refractivity contribution is -0.140. The van der Waals surface area contributed by atoms with E-state index in [0.29, 0.717) is 23.6 Å². The van der Waals surface area contributed by atoms with E-state index in [-0.39, 0.29) is 17.9 Å². The molecule has 0 amide bonds. The van der Waals surface area contributed by atoms with Crippen LogP contribution in [-0.2, 0) is 9.53 Å². The second-order valence-electron chi connectivity index (χ2n) is 10.0. The molecule has 1 saturated carbocycles. The Morgan fingerprint density at radius 1 is 0.865 bits per heavy atom. The highest BCUT2D eigenvalue weighted by molar-refractivity contribution is 5.89. The van der Waals surface area contributed by atoms with Gasteiger partial charge in [-0.3, -0.25) is 4.79 Å². The summed E-state index contributed by atoms with van der Waals surface area (Å²) < 4.78 is 11.0. The van der Waals surface area contributed by atoms with Crippen LogP contribution in [0.3, 0.4) is 0 Å². The Bertz CT molecular complexity index is 1030. The highest BCUT2D eigenvalue weighted by Gasteiger charge is 2.27. The second-order valence-corrected chi connectivity index (χ2v) is 10.0. The van der Waals surface area contributed by atoms with Crippen molar-refractivity contribution in [2.75, 3.05) is 6.61 Å². The van der Waals surface area contributed by atoms with Crippen molar-refractivity contribution < 1.29 is 19.1 Å². The summed E-state index contributed by atoms with van der Waals surface area (Å²) >= 11 is 0. The van der Waals surface area contributed by atoms with Crippen LogP contribution in [-0.4, -0.2) is 23.5 Å². The van der Waals surface area contributed by atoms with Gasteiger partial charge in [0.05, 0.1) is 18.1 Å². The van der Waals surface area contributed by atoms with E-state index in [9.17, 15) is 9.59 Å². The third-order valence-electron chi connectivity index (χ3n) is 7.03. The van der Waals surface area contributed by atoms with Crippen molar-refractivity contribution in [3.63, 3.8) is 0 Å². The molecule has 0 spiro atoms. The average molecular weight is 504 g/mol. The summed E-state index contributed by atoms with van der Waals surface area (Å²) in [6.45, 7) is 4.84. The first-order valence-electron chi connectivity index (χ1n) is 14.1. The fraction of sp³-hybridized carbons (Fsp3) is 0.531. The van der Waals surface area contributed by atoms with Crippen molar-refractivity contribution in [2.45, 2.75) is 90.9 Å². The van der Waals surface area contributed by atoms with E-state index in [1.807, 2.05) is 12.1 Å². The van der Waals surface area contributed by atoms with Gasteiger partial charge in [-0.15, -0.1) is 0 Å². The number of carbonyl (C=O) groups excluding carboxylic acids is 2. The molecule has 3 rings (SSSR count). The maximum Gasteiger partial charge on any atom is 0.339 e. The summed E-state index contributed by atoms with van der Waals surface area (Å²) in [5.41, 5.74) is 1.80. The van der Waals surface area contributed by atoms with Crippen LogP contribution in [0.15, 0.2) is 42.6 Å². The summed E-state index contributed by atoms with van der Waals surface area (Å²) in [5.74, 6) is 6.93. The molecule has 0 bridgehead atoms. The standard InChI is InChI=1S/C32H41NO4/c1-3-5-7-8-9-23-36-31(34)28-18-20-29(33-24-28)19-13-26-14-21-30(22-15-26)37-32(35)27-16-11-25(12-17-27)10-6-4-2/h14-15,18,20-22,24-25,27H,3-12,16-17,23H2,1-2H3. The fourth-order valence-corrected chi connectivity index (χ4v) is 4.66. The van der Waals surface area contributed by atoms with Crippen LogP contribution in [0.2, 0.25) is 0 Å². The molecule has 1 aromatic carbocycles. The first kappa shape index (κ1) is 28.4. The number of hydrogen-bond acceptors (Lipinski definition) is 5. The number of esters is 2. The van der Waals surface area contributed by atoms with E-state index < -0.39 is 0 Å². The van der Waals surface area contributed by atoms with Crippen LogP contribution in [0.1, 0.15) is 113 Å². The highest BCUT2D eigenvalue weighted by Crippen LogP contribution is 2.32. The largest absolute Gasteiger partial charge is 0.462 e. The molecule has 5 heteroatoms. The van der Waals surface area contributed by atoms with Crippen molar-refractivity contribution in [1.82, 2.24) is 4.98 Å². The predicted octanol–water partition coefficient (Wildman–Crippen LogP) is 7.51. The molecule has 0 aliphatic heterocycles. The summed E-state index contributed by atoms with van der Waals surface area (Å²) in [5, 5.41) is 0. The molecule has 1 aliphatic rings. The lowest BCUT2D eigenvalue weighted by atomic mass is 9.80. The summed E-state index contributed by atoms with van der Waals surface area (Å²) in [6, 6.07) is 10.6. The van der Waals surface area contributed by atoms with Crippen LogP contribution in [0.5, 0.6) is 5.75 Å². The lowest BCUT2D eigenvalue weighted by Gasteiger charge is -2.27. The van der Waals surface area contributed by atoms with Crippen LogP contribution in [0, 0.1) is 23.7 Å². The first-order chi connectivity index (χ1) is 18.1. The molecule has 0 N–H and O–H groups in total. The SMILES string of the molecule is CCCCCCCOC(=O)c1ccc(C#Cc2ccc(OC(=O)C3CCC(CCCC)CC3)cc2)nc1. The monoisotopic (exact) mass is 503 g/mol. The number of unbranched alkanes of at least 4 members (excludes halogenated alkanes) is 5. The van der Waals surface area contributed by atoms with Gasteiger partial charge in [0.1, 0.15) is 11.4 Å². The van der Waals surface area contributed by atoms with Crippen LogP contribution < -0.4 is 4.74 Å². The quantitative estimate of drug-likeness (QED) is 0.130. The molecule has 1 aliphatic carbocycles. The minimum atomic E-state index is -0.350. The Balaban J connectivity index is 1.43. The zero-order valence-corrected chi connectivity index (χ0v) is 22.5. The molecule has 0 atom stereocenters. The van der Waals surface area contributed by atoms with Gasteiger partial charge in [0.25, 0.3) is 0 Å². The lowest BCUT2D eigenvalue weighted by Crippen LogP contribution is -2.25. The van der Waals surface area contributed by atoms with Crippen molar-refractivity contribution in [3.05, 3.63) is 59.4 Å². The van der Waals surface area contributed by atoms with Crippen molar-refractivity contribution in [1.29, 1.82) is 0 Å². The zero-order chi connectivity index (χ0) is 26.3. The molecule has 2 aromatic rings. The second kappa shape index (κ2) is 15.9. The van der Waals surface area contributed by atoms with E-state index in [0.717, 1.165) is 50.0 Å². The van der Waals surface area contributed by atoms with E-state index in [1.54, 1.807) is 24.3 Å². The van der Waals surface area contributed by atoms with Gasteiger partial charge in [-0.25, -0.2) is 9.78 Å². The first-order valence-corrected chi connectivity index (χ1v) is 14.1. The van der Waals surface area contributed by atoms with Gasteiger partial charge in [0, 0.05) is 11.8 Å². The van der Waals surface area contributed by atoms with Crippen molar-refractivity contribution in [2.24, 2.45) is 11.8 Å². The Hall–Kier alpha value is -3.13. The van der Waals surface area contributed by atoms with Gasteiger partial charge in [-0.2, -0.15) is 0 Å². The number of ether oxygens (including phenoxy) is 2. The normalized spacial score (nSPS) is 16.9. The summed E-state index contributed by atoms with van der Waals surface area (Å²) in [6.07, 6.45) is 15.0. The zero-order valence-electron chi connectivity index (χ0n) is 22.5. The number of hydrogen-bond donors (Lipinski definition) is 0. The topological polar surface area (TPSA) is 65.5 Å². The van der Waals surface area contributed by atoms with Gasteiger partial charge >= 0.3 is 11.9 Å². The number of pyridine rings is 1. The number of rotatable bonds is 12. The maximum atomic E-state index is 12.6. The van der Waals surface area contributed by atoms with E-state index >= 15 is 0 Å². The Morgan fingerprint density at radius 2 is 1.59 bits per heavy atom. The van der Waals surface area contributed by atoms with Gasteiger partial charge in [-0.1, -0.05) is 64.7 Å². The summed E-state index contributed by atoms with van der Waals surface area (Å²) in [4.78, 5) is 29.0. The molecular formula is C32H41NO4. The molecule has 5 nitrogen and oxygen atoms in total. The Kier molecular flexibility index (Phi) is 12.2. The average Bonchev–Trinajstić information content (AvgIpc) is 2.94. The molecule has 198 valence electrons. The molecular weight excluding hydrogens is 462 g/mol. The minimum absolute atomic E-state index is 0.00877. The van der Waals surface area contributed by atoms with E-state index in [1.165, 1.54) is 44.7 Å². The fourth-order valence-electron chi connectivity index (χ4n) is 4.66. The molecule has 1 aromatic heterocycles. The molecule has 1 fully saturated rings. The number of carbonyl (C=O) groups is 2. The van der Waals surface area contributed by atoms with E-state index in [2.05, 4.69) is 30.7 Å². The van der Waals surface area contributed by atoms with Crippen molar-refractivity contribution >= 4 is 11.9 Å². The Morgan fingerprint density at radius 3 is 2.27 bits per heavy atom. The third kappa shape index (κ3) is 10.0. The number of nitrogens with zero attached hydrogens (tertiary/aromatic N) is 1. The summed E-state index contributed by atoms with van der Waals surface area (Å²) in [7, 11) is 0. The van der Waals surface area contributed by atoms with Crippen LogP contribution in [0.25, 0.3) is 0 Å². The van der Waals surface area contributed by atoms with Gasteiger partial charge in [-0.05, 0) is 80.3 Å². The van der Waals surface area contributed by atoms with Crippen LogP contribution >= 0.6 is 0 Å². The van der Waals surface area contributed by atoms with Crippen LogP contribution in [0.4, 0.5) is 0 Å². The highest BCUT2D eigenvalue weighted by atomic mass is 16.5. The molecule has 0 radical (unpaired) electrons. The predicted molar refractivity (Wildman–Crippen MR) is 146 cm³/mol. The smallest absolute Gasteiger partial charge is 0.339 e. The minimum Gasteiger partial charge on any atom is -0.462 e.